The number of benzene rings is 1. The molecule has 3 rings (SSSR count). The number of aliphatic hydroxyl groups excluding tert-OH is 1. The molecule has 36 heavy (non-hydrogen) atoms. The highest BCUT2D eigenvalue weighted by atomic mass is 31.2. The number of nitrogens with zero attached hydrogens (tertiary/aromatic N) is 1. The summed E-state index contributed by atoms with van der Waals surface area (Å²) in [7, 11) is -1.32. The number of fused-ring (bicyclic) bond motifs is 1. The maximum absolute atomic E-state index is 10.1. The number of hydrogen-bond donors (Lipinski definition) is 4. The van der Waals surface area contributed by atoms with Gasteiger partial charge < -0.3 is 29.3 Å². The third-order valence-electron chi connectivity index (χ3n) is 6.14. The van der Waals surface area contributed by atoms with Crippen molar-refractivity contribution in [2.45, 2.75) is 84.0 Å². The zero-order chi connectivity index (χ0) is 27.6. The molecule has 10 nitrogen and oxygen atoms in total. The topological polar surface area (TPSA) is 151 Å². The number of nitriles is 1. The summed E-state index contributed by atoms with van der Waals surface area (Å²) in [6.07, 6.45) is 3.01. The molecule has 0 bridgehead atoms. The van der Waals surface area contributed by atoms with Crippen molar-refractivity contribution in [1.82, 2.24) is 5.32 Å². The second-order valence-corrected chi connectivity index (χ2v) is 11.0. The van der Waals surface area contributed by atoms with Crippen LogP contribution in [-0.4, -0.2) is 58.2 Å². The highest BCUT2D eigenvalue weighted by Crippen LogP contribution is 2.44. The molecule has 1 saturated heterocycles. The Hall–Kier alpha value is -1.83. The normalized spacial score (nSPS) is 19.2. The third-order valence-corrected chi connectivity index (χ3v) is 6.93. The summed E-state index contributed by atoms with van der Waals surface area (Å²) in [6, 6.07) is 7.68. The fourth-order valence-corrected chi connectivity index (χ4v) is 4.86. The molecule has 2 aliphatic heterocycles. The minimum atomic E-state index is -2.32. The van der Waals surface area contributed by atoms with Crippen LogP contribution in [0.5, 0.6) is 5.75 Å². The summed E-state index contributed by atoms with van der Waals surface area (Å²) in [5.74, 6) is 1.07. The van der Waals surface area contributed by atoms with Crippen molar-refractivity contribution < 1.29 is 38.7 Å². The monoisotopic (exact) mass is 528 g/mol. The van der Waals surface area contributed by atoms with Crippen LogP contribution >= 0.6 is 8.60 Å². The molecule has 1 aromatic carbocycles. The van der Waals surface area contributed by atoms with Crippen LogP contribution in [0.2, 0.25) is 0 Å². The van der Waals surface area contributed by atoms with Gasteiger partial charge in [-0.2, -0.15) is 9.94 Å². The number of rotatable bonds is 8. The van der Waals surface area contributed by atoms with Crippen molar-refractivity contribution in [3.8, 4) is 11.8 Å². The van der Waals surface area contributed by atoms with Crippen LogP contribution in [0.25, 0.3) is 0 Å². The largest absolute Gasteiger partial charge is 0.487 e. The molecule has 4 N–H and O–H groups in total. The number of amides is 1. The molecule has 2 heterocycles. The van der Waals surface area contributed by atoms with Crippen LogP contribution in [0, 0.1) is 17.2 Å². The van der Waals surface area contributed by atoms with E-state index < -0.39 is 25.4 Å². The van der Waals surface area contributed by atoms with Crippen molar-refractivity contribution in [3.05, 3.63) is 29.3 Å². The summed E-state index contributed by atoms with van der Waals surface area (Å²) in [5.41, 5.74) is -0.0376. The van der Waals surface area contributed by atoms with E-state index in [1.807, 2.05) is 26.0 Å². The molecule has 1 amide bonds. The molecule has 0 aliphatic carbocycles. The molecular weight excluding hydrogens is 487 g/mol. The summed E-state index contributed by atoms with van der Waals surface area (Å²) in [4.78, 5) is 19.5. The highest BCUT2D eigenvalue weighted by molar-refractivity contribution is 7.40. The lowest BCUT2D eigenvalue weighted by atomic mass is 9.73. The van der Waals surface area contributed by atoms with Crippen LogP contribution in [0.4, 0.5) is 0 Å². The number of ether oxygens (including phenoxy) is 2. The predicted molar refractivity (Wildman–Crippen MR) is 136 cm³/mol. The van der Waals surface area contributed by atoms with Crippen molar-refractivity contribution in [1.29, 1.82) is 5.26 Å². The Morgan fingerprint density at radius 2 is 1.94 bits per heavy atom. The van der Waals surface area contributed by atoms with Crippen molar-refractivity contribution in [3.63, 3.8) is 0 Å². The van der Waals surface area contributed by atoms with Gasteiger partial charge in [0.05, 0.1) is 29.4 Å². The van der Waals surface area contributed by atoms with E-state index in [-0.39, 0.29) is 11.8 Å². The van der Waals surface area contributed by atoms with Gasteiger partial charge in [-0.15, -0.1) is 0 Å². The molecule has 1 fully saturated rings. The van der Waals surface area contributed by atoms with E-state index in [1.165, 1.54) is 0 Å². The number of aliphatic hydroxyl groups is 1. The van der Waals surface area contributed by atoms with Crippen molar-refractivity contribution in [2.75, 3.05) is 20.3 Å². The Morgan fingerprint density at radius 1 is 1.28 bits per heavy atom. The van der Waals surface area contributed by atoms with Gasteiger partial charge in [-0.25, -0.2) is 5.26 Å². The number of nitrogens with one attached hydrogen (secondary N) is 1. The van der Waals surface area contributed by atoms with E-state index in [0.717, 1.165) is 44.2 Å². The first-order chi connectivity index (χ1) is 16.8. The first-order valence-corrected chi connectivity index (χ1v) is 13.0. The molecule has 0 radical (unpaired) electrons. The molecule has 0 spiro atoms. The molecular formula is C25H41N2O8P. The minimum Gasteiger partial charge on any atom is -0.487 e. The average molecular weight is 529 g/mol. The quantitative estimate of drug-likeness (QED) is 0.222. The van der Waals surface area contributed by atoms with Gasteiger partial charge >= 0.3 is 8.60 Å². The molecule has 0 saturated carbocycles. The summed E-state index contributed by atoms with van der Waals surface area (Å²) >= 11 is 0. The van der Waals surface area contributed by atoms with Gasteiger partial charge in [0.1, 0.15) is 11.4 Å². The van der Waals surface area contributed by atoms with Gasteiger partial charge in [-0.05, 0) is 84.6 Å². The number of hydrogen-bond acceptors (Lipinski definition) is 9. The van der Waals surface area contributed by atoms with Crippen LogP contribution in [0.3, 0.4) is 0 Å². The standard InChI is InChI=1S/C20H30NO6P.C4H7NO.CH4O/c1-18(2,26-28(23)27-22)9-10-24-19(3,4)17-12-15-11-14(13-21)7-8-16(15)25-20(17,5)6;6-4-2-1-3-5-4;1-2/h7-8,11,17,22-23H,9-10,12H2,1-6H3;1-3H2,(H,5,6);2H,1H3. The second-order valence-electron chi connectivity index (χ2n) is 10.2. The molecule has 11 heteroatoms. The van der Waals surface area contributed by atoms with Gasteiger partial charge in [-0.3, -0.25) is 4.79 Å². The van der Waals surface area contributed by atoms with Crippen molar-refractivity contribution in [2.24, 2.45) is 5.92 Å². The molecule has 2 aliphatic rings. The van der Waals surface area contributed by atoms with Gasteiger partial charge in [0.15, 0.2) is 0 Å². The summed E-state index contributed by atoms with van der Waals surface area (Å²) in [5, 5.41) is 27.3. The Morgan fingerprint density at radius 3 is 2.44 bits per heavy atom. The fourth-order valence-electron chi connectivity index (χ4n) is 4.31. The maximum Gasteiger partial charge on any atom is 0.360 e. The zero-order valence-corrected chi connectivity index (χ0v) is 23.2. The van der Waals surface area contributed by atoms with Gasteiger partial charge in [0, 0.05) is 26.0 Å². The Kier molecular flexibility index (Phi) is 12.7. The Balaban J connectivity index is 0.000000694. The van der Waals surface area contributed by atoms with Crippen molar-refractivity contribution >= 4 is 14.5 Å². The van der Waals surface area contributed by atoms with E-state index in [1.54, 1.807) is 19.9 Å². The first-order valence-electron chi connectivity index (χ1n) is 11.9. The van der Waals surface area contributed by atoms with E-state index in [2.05, 4.69) is 29.9 Å². The number of carbonyl (C=O) groups excluding carboxylic acids is 1. The van der Waals surface area contributed by atoms with E-state index in [0.29, 0.717) is 18.6 Å². The molecule has 2 unspecified atom stereocenters. The maximum atomic E-state index is 10.1. The summed E-state index contributed by atoms with van der Waals surface area (Å²) in [6.45, 7) is 13.0. The summed E-state index contributed by atoms with van der Waals surface area (Å²) < 4.78 is 21.6. The van der Waals surface area contributed by atoms with Crippen LogP contribution in [0.1, 0.15) is 71.9 Å². The molecule has 2 atom stereocenters. The molecule has 204 valence electrons. The lowest BCUT2D eigenvalue weighted by molar-refractivity contribution is -0.160. The van der Waals surface area contributed by atoms with E-state index in [9.17, 15) is 14.9 Å². The lowest BCUT2D eigenvalue weighted by Crippen LogP contribution is -2.53. The second kappa shape index (κ2) is 14.2. The van der Waals surface area contributed by atoms with Gasteiger partial charge in [-0.1, -0.05) is 0 Å². The first kappa shape index (κ1) is 32.2. The SMILES string of the molecule is CC(C)(CCOC(C)(C)C1Cc2cc(C#N)ccc2OC1(C)C)OP(O)OO.CO.O=C1CCCN1. The van der Waals surface area contributed by atoms with E-state index >= 15 is 0 Å². The Bertz CT molecular complexity index is 877. The van der Waals surface area contributed by atoms with Gasteiger partial charge in [0.25, 0.3) is 0 Å². The molecule has 1 aromatic rings. The predicted octanol–water partition coefficient (Wildman–Crippen LogP) is 4.08. The lowest BCUT2D eigenvalue weighted by Gasteiger charge is -2.47. The van der Waals surface area contributed by atoms with Gasteiger partial charge in [0.2, 0.25) is 5.91 Å². The number of carbonyl (C=O) groups is 1. The highest BCUT2D eigenvalue weighted by Gasteiger charge is 2.46. The van der Waals surface area contributed by atoms with E-state index in [4.69, 9.17) is 24.4 Å². The van der Waals surface area contributed by atoms with Crippen LogP contribution in [-0.2, 0) is 25.2 Å². The minimum absolute atomic E-state index is 0.0567. The Labute approximate surface area is 215 Å². The molecule has 0 aromatic heterocycles. The average Bonchev–Trinajstić information content (AvgIpc) is 3.29. The van der Waals surface area contributed by atoms with Crippen LogP contribution in [0.15, 0.2) is 18.2 Å². The fraction of sp³-hybridized carbons (Fsp3) is 0.680. The zero-order valence-electron chi connectivity index (χ0n) is 22.3. The van der Waals surface area contributed by atoms with Crippen LogP contribution < -0.4 is 10.1 Å². The third kappa shape index (κ3) is 9.91. The smallest absolute Gasteiger partial charge is 0.360 e.